The quantitative estimate of drug-likeness (QED) is 0.781. The van der Waals surface area contributed by atoms with Gasteiger partial charge < -0.3 is 9.67 Å². The molecule has 1 atom stereocenters. The van der Waals surface area contributed by atoms with Crippen LogP contribution in [-0.2, 0) is 13.6 Å². The highest BCUT2D eigenvalue weighted by atomic mass is 16.3. The number of hydrogen-bond acceptors (Lipinski definition) is 5. The van der Waals surface area contributed by atoms with Crippen LogP contribution in [0.3, 0.4) is 0 Å². The van der Waals surface area contributed by atoms with Gasteiger partial charge in [0, 0.05) is 39.3 Å². The second-order valence-electron chi connectivity index (χ2n) is 4.91. The van der Waals surface area contributed by atoms with E-state index in [1.165, 1.54) is 0 Å². The summed E-state index contributed by atoms with van der Waals surface area (Å²) in [4.78, 5) is 4.78. The molecular formula is C12H23N5O. The Kier molecular flexibility index (Phi) is 4.68. The average Bonchev–Trinajstić information content (AvgIpc) is 2.79. The van der Waals surface area contributed by atoms with Crippen LogP contribution in [0.1, 0.15) is 19.2 Å². The van der Waals surface area contributed by atoms with Crippen molar-refractivity contribution >= 4 is 0 Å². The maximum absolute atomic E-state index is 9.31. The molecule has 0 spiro atoms. The fraction of sp³-hybridized carbons (Fsp3) is 0.833. The third-order valence-corrected chi connectivity index (χ3v) is 3.78. The molecule has 1 aliphatic rings. The van der Waals surface area contributed by atoms with Gasteiger partial charge in [-0.25, -0.2) is 0 Å². The Bertz CT molecular complexity index is 355. The molecule has 18 heavy (non-hydrogen) atoms. The van der Waals surface area contributed by atoms with Crippen LogP contribution >= 0.6 is 0 Å². The molecule has 6 heteroatoms. The number of aliphatic hydroxyl groups excluding tert-OH is 1. The summed E-state index contributed by atoms with van der Waals surface area (Å²) in [6, 6.07) is 0.321. The van der Waals surface area contributed by atoms with Gasteiger partial charge in [-0.3, -0.25) is 9.80 Å². The van der Waals surface area contributed by atoms with E-state index < -0.39 is 0 Å². The Morgan fingerprint density at radius 3 is 2.56 bits per heavy atom. The molecule has 0 aromatic carbocycles. The molecule has 0 aliphatic carbocycles. The van der Waals surface area contributed by atoms with Crippen molar-refractivity contribution in [3.63, 3.8) is 0 Å². The number of hydrogen-bond donors (Lipinski definition) is 1. The zero-order valence-corrected chi connectivity index (χ0v) is 11.3. The van der Waals surface area contributed by atoms with E-state index in [2.05, 4.69) is 26.9 Å². The monoisotopic (exact) mass is 253 g/mol. The first-order valence-electron chi connectivity index (χ1n) is 6.64. The summed E-state index contributed by atoms with van der Waals surface area (Å²) in [5, 5.41) is 17.3. The van der Waals surface area contributed by atoms with E-state index in [0.29, 0.717) is 6.04 Å². The number of aliphatic hydroxyl groups is 1. The van der Waals surface area contributed by atoms with Crippen LogP contribution in [0.15, 0.2) is 6.33 Å². The summed E-state index contributed by atoms with van der Waals surface area (Å²) in [6.07, 6.45) is 2.75. The summed E-state index contributed by atoms with van der Waals surface area (Å²) >= 11 is 0. The Morgan fingerprint density at radius 2 is 2.06 bits per heavy atom. The number of aromatic nitrogens is 3. The lowest BCUT2D eigenvalue weighted by Crippen LogP contribution is -2.51. The number of aryl methyl sites for hydroxylation is 1. The van der Waals surface area contributed by atoms with Crippen LogP contribution in [-0.4, -0.2) is 68.5 Å². The fourth-order valence-electron chi connectivity index (χ4n) is 2.44. The van der Waals surface area contributed by atoms with Crippen LogP contribution in [0, 0.1) is 0 Å². The van der Waals surface area contributed by atoms with Crippen molar-refractivity contribution < 1.29 is 5.11 Å². The molecule has 1 aromatic heterocycles. The molecule has 6 nitrogen and oxygen atoms in total. The van der Waals surface area contributed by atoms with Crippen LogP contribution in [0.4, 0.5) is 0 Å². The van der Waals surface area contributed by atoms with Crippen molar-refractivity contribution in [1.29, 1.82) is 0 Å². The second kappa shape index (κ2) is 6.26. The third-order valence-electron chi connectivity index (χ3n) is 3.78. The van der Waals surface area contributed by atoms with E-state index in [-0.39, 0.29) is 6.61 Å². The molecule has 2 rings (SSSR count). The molecule has 1 fully saturated rings. The topological polar surface area (TPSA) is 57.4 Å². The molecule has 1 aliphatic heterocycles. The van der Waals surface area contributed by atoms with Gasteiger partial charge in [0.25, 0.3) is 0 Å². The predicted molar refractivity (Wildman–Crippen MR) is 69.0 cm³/mol. The normalized spacial score (nSPS) is 20.2. The zero-order chi connectivity index (χ0) is 13.0. The molecule has 1 N–H and O–H groups in total. The summed E-state index contributed by atoms with van der Waals surface area (Å²) < 4.78 is 1.97. The van der Waals surface area contributed by atoms with E-state index in [0.717, 1.165) is 45.0 Å². The highest BCUT2D eigenvalue weighted by Gasteiger charge is 2.22. The third kappa shape index (κ3) is 3.07. The van der Waals surface area contributed by atoms with Gasteiger partial charge in [-0.1, -0.05) is 6.92 Å². The summed E-state index contributed by atoms with van der Waals surface area (Å²) in [5.41, 5.74) is 0. The lowest BCUT2D eigenvalue weighted by molar-refractivity contribution is 0.0595. The van der Waals surface area contributed by atoms with Crippen molar-refractivity contribution in [1.82, 2.24) is 24.6 Å². The van der Waals surface area contributed by atoms with Crippen molar-refractivity contribution in [3.8, 4) is 0 Å². The van der Waals surface area contributed by atoms with Crippen LogP contribution in [0.5, 0.6) is 0 Å². The van der Waals surface area contributed by atoms with Gasteiger partial charge in [0.2, 0.25) is 0 Å². The average molecular weight is 253 g/mol. The number of piperazine rings is 1. The van der Waals surface area contributed by atoms with Crippen molar-refractivity contribution in [2.45, 2.75) is 25.9 Å². The van der Waals surface area contributed by atoms with Gasteiger partial charge in [0.1, 0.15) is 12.2 Å². The summed E-state index contributed by atoms with van der Waals surface area (Å²) in [5.74, 6) is 1.01. The maximum atomic E-state index is 9.31. The molecular weight excluding hydrogens is 230 g/mol. The molecule has 1 saturated heterocycles. The van der Waals surface area contributed by atoms with Crippen molar-refractivity contribution in [2.75, 3.05) is 32.8 Å². The van der Waals surface area contributed by atoms with Crippen LogP contribution in [0.25, 0.3) is 0 Å². The summed E-state index contributed by atoms with van der Waals surface area (Å²) in [7, 11) is 1.98. The molecule has 1 aromatic rings. The smallest absolute Gasteiger partial charge is 0.146 e. The largest absolute Gasteiger partial charge is 0.395 e. The summed E-state index contributed by atoms with van der Waals surface area (Å²) in [6.45, 7) is 7.37. The minimum atomic E-state index is 0.264. The molecule has 0 amide bonds. The van der Waals surface area contributed by atoms with Gasteiger partial charge in [-0.2, -0.15) is 0 Å². The SMILES string of the molecule is CCC(CO)N1CCN(Cc2nncn2C)CC1. The van der Waals surface area contributed by atoms with E-state index in [1.54, 1.807) is 6.33 Å². The van der Waals surface area contributed by atoms with Gasteiger partial charge in [-0.05, 0) is 6.42 Å². The minimum absolute atomic E-state index is 0.264. The van der Waals surface area contributed by atoms with Gasteiger partial charge in [0.05, 0.1) is 13.2 Å². The van der Waals surface area contributed by atoms with Crippen LogP contribution < -0.4 is 0 Å². The second-order valence-corrected chi connectivity index (χ2v) is 4.91. The first-order chi connectivity index (χ1) is 8.74. The lowest BCUT2D eigenvalue weighted by Gasteiger charge is -2.38. The standard InChI is InChI=1S/C12H23N5O/c1-3-11(9-18)17-6-4-16(5-7-17)8-12-14-13-10-15(12)2/h10-11,18H,3-9H2,1-2H3. The molecule has 0 saturated carbocycles. The molecule has 0 radical (unpaired) electrons. The highest BCUT2D eigenvalue weighted by molar-refractivity contribution is 4.86. The van der Waals surface area contributed by atoms with E-state index in [4.69, 9.17) is 0 Å². The van der Waals surface area contributed by atoms with Gasteiger partial charge >= 0.3 is 0 Å². The van der Waals surface area contributed by atoms with E-state index in [9.17, 15) is 5.11 Å². The minimum Gasteiger partial charge on any atom is -0.395 e. The number of nitrogens with zero attached hydrogens (tertiary/aromatic N) is 5. The molecule has 102 valence electrons. The van der Waals surface area contributed by atoms with E-state index >= 15 is 0 Å². The fourth-order valence-corrected chi connectivity index (χ4v) is 2.44. The molecule has 2 heterocycles. The van der Waals surface area contributed by atoms with Gasteiger partial charge in [0.15, 0.2) is 0 Å². The molecule has 1 unspecified atom stereocenters. The first-order valence-corrected chi connectivity index (χ1v) is 6.64. The van der Waals surface area contributed by atoms with Crippen molar-refractivity contribution in [2.24, 2.45) is 7.05 Å². The van der Waals surface area contributed by atoms with Crippen LogP contribution in [0.2, 0.25) is 0 Å². The molecule has 0 bridgehead atoms. The van der Waals surface area contributed by atoms with Crippen molar-refractivity contribution in [3.05, 3.63) is 12.2 Å². The first kappa shape index (κ1) is 13.5. The predicted octanol–water partition coefficient (Wildman–Crippen LogP) is -0.296. The number of rotatable bonds is 5. The van der Waals surface area contributed by atoms with E-state index in [1.807, 2.05) is 11.6 Å². The Hall–Kier alpha value is -0.980. The van der Waals surface area contributed by atoms with Gasteiger partial charge in [-0.15, -0.1) is 10.2 Å². The highest BCUT2D eigenvalue weighted by Crippen LogP contribution is 2.10. The Morgan fingerprint density at radius 1 is 1.33 bits per heavy atom. The lowest BCUT2D eigenvalue weighted by atomic mass is 10.1. The zero-order valence-electron chi connectivity index (χ0n) is 11.3. The maximum Gasteiger partial charge on any atom is 0.146 e. The Balaban J connectivity index is 1.82. The Labute approximate surface area is 108 Å².